The molecule has 1 aliphatic heterocycles. The number of hydrogen-bond donors (Lipinski definition) is 1. The molecule has 0 unspecified atom stereocenters. The fourth-order valence-electron chi connectivity index (χ4n) is 3.13. The molecule has 2 heterocycles. The van der Waals surface area contributed by atoms with Gasteiger partial charge < -0.3 is 5.32 Å². The molecule has 1 saturated heterocycles. The van der Waals surface area contributed by atoms with Crippen molar-refractivity contribution in [2.75, 3.05) is 13.1 Å². The van der Waals surface area contributed by atoms with Gasteiger partial charge in [0, 0.05) is 43.5 Å². The number of pyridine rings is 1. The predicted molar refractivity (Wildman–Crippen MR) is 99.4 cm³/mol. The first-order valence-corrected chi connectivity index (χ1v) is 10.4. The van der Waals surface area contributed by atoms with E-state index in [0.717, 1.165) is 5.56 Å². The summed E-state index contributed by atoms with van der Waals surface area (Å²) in [5.74, 6) is -1.17. The Balaban J connectivity index is 1.52. The normalized spacial score (nSPS) is 16.2. The average Bonchev–Trinajstić information content (AvgIpc) is 2.69. The third-order valence-corrected chi connectivity index (χ3v) is 6.56. The highest BCUT2D eigenvalue weighted by molar-refractivity contribution is 7.88. The topological polar surface area (TPSA) is 79.4 Å². The zero-order valence-electron chi connectivity index (χ0n) is 14.8. The summed E-state index contributed by atoms with van der Waals surface area (Å²) < 4.78 is 40.2. The van der Waals surface area contributed by atoms with Gasteiger partial charge in [-0.05, 0) is 36.6 Å². The summed E-state index contributed by atoms with van der Waals surface area (Å²) in [7, 11) is -3.61. The molecule has 8 heteroatoms. The van der Waals surface area contributed by atoms with Crippen LogP contribution in [0.3, 0.4) is 0 Å². The molecular formula is C19H22FN3O3S. The lowest BCUT2D eigenvalue weighted by Gasteiger charge is -2.30. The van der Waals surface area contributed by atoms with Crippen LogP contribution in [0.15, 0.2) is 48.8 Å². The number of carbonyl (C=O) groups excluding carboxylic acids is 1. The second kappa shape index (κ2) is 8.58. The summed E-state index contributed by atoms with van der Waals surface area (Å²) >= 11 is 0. The van der Waals surface area contributed by atoms with Crippen LogP contribution in [-0.2, 0) is 27.1 Å². The lowest BCUT2D eigenvalue weighted by atomic mass is 9.97. The maximum atomic E-state index is 13.7. The van der Waals surface area contributed by atoms with Crippen molar-refractivity contribution in [3.63, 3.8) is 0 Å². The van der Waals surface area contributed by atoms with E-state index in [9.17, 15) is 17.6 Å². The first kappa shape index (κ1) is 19.4. The molecule has 27 heavy (non-hydrogen) atoms. The second-order valence-electron chi connectivity index (χ2n) is 6.59. The molecule has 1 N–H and O–H groups in total. The molecule has 6 nitrogen and oxygen atoms in total. The molecule has 144 valence electrons. The van der Waals surface area contributed by atoms with Gasteiger partial charge in [0.2, 0.25) is 15.9 Å². The number of rotatable bonds is 6. The van der Waals surface area contributed by atoms with E-state index < -0.39 is 15.8 Å². The fraction of sp³-hybridized carbons (Fsp3) is 0.368. The number of halogens is 1. The molecular weight excluding hydrogens is 369 g/mol. The molecule has 0 spiro atoms. The van der Waals surface area contributed by atoms with Crippen molar-refractivity contribution in [3.05, 3.63) is 65.7 Å². The zero-order valence-corrected chi connectivity index (χ0v) is 15.7. The van der Waals surface area contributed by atoms with E-state index in [2.05, 4.69) is 10.3 Å². The van der Waals surface area contributed by atoms with Crippen LogP contribution in [-0.4, -0.2) is 36.7 Å². The first-order chi connectivity index (χ1) is 13.0. The number of sulfonamides is 1. The van der Waals surface area contributed by atoms with E-state index in [4.69, 9.17) is 0 Å². The van der Waals surface area contributed by atoms with Crippen LogP contribution in [0.2, 0.25) is 0 Å². The van der Waals surface area contributed by atoms with Gasteiger partial charge in [-0.2, -0.15) is 0 Å². The van der Waals surface area contributed by atoms with Crippen LogP contribution in [0.1, 0.15) is 24.0 Å². The molecule has 0 atom stereocenters. The number of nitrogens with one attached hydrogen (secondary N) is 1. The number of benzene rings is 1. The van der Waals surface area contributed by atoms with E-state index in [1.54, 1.807) is 18.5 Å². The molecule has 3 rings (SSSR count). The molecule has 0 radical (unpaired) electrons. The maximum Gasteiger partial charge on any atom is 0.223 e. The largest absolute Gasteiger partial charge is 0.352 e. The van der Waals surface area contributed by atoms with Gasteiger partial charge in [-0.3, -0.25) is 9.78 Å². The summed E-state index contributed by atoms with van der Waals surface area (Å²) in [6.45, 7) is 0.960. The summed E-state index contributed by atoms with van der Waals surface area (Å²) in [6, 6.07) is 9.54. The van der Waals surface area contributed by atoms with Crippen molar-refractivity contribution in [1.29, 1.82) is 0 Å². The smallest absolute Gasteiger partial charge is 0.223 e. The Bertz CT molecular complexity index is 882. The lowest BCUT2D eigenvalue weighted by Crippen LogP contribution is -2.43. The minimum Gasteiger partial charge on any atom is -0.352 e. The third kappa shape index (κ3) is 5.11. The first-order valence-electron chi connectivity index (χ1n) is 8.83. The molecule has 1 aromatic heterocycles. The van der Waals surface area contributed by atoms with E-state index in [-0.39, 0.29) is 36.2 Å². The molecule has 2 aromatic rings. The van der Waals surface area contributed by atoms with E-state index >= 15 is 0 Å². The summed E-state index contributed by atoms with van der Waals surface area (Å²) in [5, 5.41) is 2.89. The van der Waals surface area contributed by atoms with Gasteiger partial charge in [0.05, 0.1) is 5.75 Å². The lowest BCUT2D eigenvalue weighted by molar-refractivity contribution is -0.126. The maximum absolute atomic E-state index is 13.7. The Morgan fingerprint density at radius 3 is 2.48 bits per heavy atom. The van der Waals surface area contributed by atoms with Gasteiger partial charge in [0.15, 0.2) is 0 Å². The number of amides is 1. The Morgan fingerprint density at radius 1 is 1.15 bits per heavy atom. The fourth-order valence-corrected chi connectivity index (χ4v) is 4.71. The standard InChI is InChI=1S/C19H22FN3O3S/c20-18-4-2-1-3-17(18)14-27(25,26)23-11-7-16(8-12-23)19(24)22-13-15-5-9-21-10-6-15/h1-6,9-10,16H,7-8,11-14H2,(H,22,24). The van der Waals surface area contributed by atoms with Crippen LogP contribution in [0.25, 0.3) is 0 Å². The van der Waals surface area contributed by atoms with Crippen molar-refractivity contribution in [2.24, 2.45) is 5.92 Å². The van der Waals surface area contributed by atoms with Crippen molar-refractivity contribution in [3.8, 4) is 0 Å². The minimum absolute atomic E-state index is 0.0713. The van der Waals surface area contributed by atoms with Crippen LogP contribution < -0.4 is 5.32 Å². The Morgan fingerprint density at radius 2 is 1.81 bits per heavy atom. The molecule has 1 amide bonds. The van der Waals surface area contributed by atoms with Crippen LogP contribution >= 0.6 is 0 Å². The summed E-state index contributed by atoms with van der Waals surface area (Å²) in [5.41, 5.74) is 1.12. The monoisotopic (exact) mass is 391 g/mol. The number of piperidine rings is 1. The van der Waals surface area contributed by atoms with Gasteiger partial charge in [-0.1, -0.05) is 18.2 Å². The van der Waals surface area contributed by atoms with Gasteiger partial charge in [-0.15, -0.1) is 0 Å². The quantitative estimate of drug-likeness (QED) is 0.818. The minimum atomic E-state index is -3.61. The zero-order chi connectivity index (χ0) is 19.3. The van der Waals surface area contributed by atoms with E-state index in [0.29, 0.717) is 19.4 Å². The highest BCUT2D eigenvalue weighted by Gasteiger charge is 2.31. The highest BCUT2D eigenvalue weighted by atomic mass is 32.2. The van der Waals surface area contributed by atoms with Crippen molar-refractivity contribution in [2.45, 2.75) is 25.1 Å². The number of hydrogen-bond acceptors (Lipinski definition) is 4. The van der Waals surface area contributed by atoms with Gasteiger partial charge in [-0.25, -0.2) is 17.1 Å². The van der Waals surface area contributed by atoms with Gasteiger partial charge in [0.25, 0.3) is 0 Å². The van der Waals surface area contributed by atoms with Crippen molar-refractivity contribution in [1.82, 2.24) is 14.6 Å². The molecule has 1 aliphatic rings. The second-order valence-corrected chi connectivity index (χ2v) is 8.56. The van der Waals surface area contributed by atoms with E-state index in [1.807, 2.05) is 12.1 Å². The number of carbonyl (C=O) groups is 1. The number of nitrogens with zero attached hydrogens (tertiary/aromatic N) is 2. The van der Waals surface area contributed by atoms with E-state index in [1.165, 1.54) is 22.5 Å². The highest BCUT2D eigenvalue weighted by Crippen LogP contribution is 2.22. The molecule has 0 aliphatic carbocycles. The number of aromatic nitrogens is 1. The molecule has 1 fully saturated rings. The molecule has 0 saturated carbocycles. The third-order valence-electron chi connectivity index (χ3n) is 4.73. The van der Waals surface area contributed by atoms with Crippen LogP contribution in [0, 0.1) is 11.7 Å². The Kier molecular flexibility index (Phi) is 6.18. The van der Waals surface area contributed by atoms with Crippen LogP contribution in [0.5, 0.6) is 0 Å². The molecule has 0 bridgehead atoms. The summed E-state index contributed by atoms with van der Waals surface area (Å²) in [6.07, 6.45) is 4.25. The Labute approximate surface area is 158 Å². The summed E-state index contributed by atoms with van der Waals surface area (Å²) in [4.78, 5) is 16.2. The van der Waals surface area contributed by atoms with Gasteiger partial charge in [0.1, 0.15) is 5.82 Å². The van der Waals surface area contributed by atoms with Gasteiger partial charge >= 0.3 is 0 Å². The SMILES string of the molecule is O=C(NCc1ccncc1)C1CCN(S(=O)(=O)Cc2ccccc2F)CC1. The predicted octanol–water partition coefficient (Wildman–Crippen LogP) is 2.08. The van der Waals surface area contributed by atoms with Crippen molar-refractivity contribution >= 4 is 15.9 Å². The molecule has 1 aromatic carbocycles. The van der Waals surface area contributed by atoms with Crippen molar-refractivity contribution < 1.29 is 17.6 Å². The Hall–Kier alpha value is -2.32. The average molecular weight is 391 g/mol. The van der Waals surface area contributed by atoms with Crippen LogP contribution in [0.4, 0.5) is 4.39 Å².